The van der Waals surface area contributed by atoms with Gasteiger partial charge in [0, 0.05) is 11.8 Å². The minimum atomic E-state index is -0.282. The van der Waals surface area contributed by atoms with Crippen LogP contribution in [0.2, 0.25) is 0 Å². The second-order valence-corrected chi connectivity index (χ2v) is 4.74. The van der Waals surface area contributed by atoms with E-state index in [1.165, 1.54) is 0 Å². The average molecular weight is 274 g/mol. The fourth-order valence-electron chi connectivity index (χ4n) is 1.63. The molecule has 0 unspecified atom stereocenters. The number of hydrogen-bond donors (Lipinski definition) is 3. The highest BCUT2D eigenvalue weighted by Crippen LogP contribution is 2.19. The molecule has 0 saturated carbocycles. The van der Waals surface area contributed by atoms with Gasteiger partial charge >= 0.3 is 0 Å². The number of benzene rings is 1. The van der Waals surface area contributed by atoms with Crippen molar-refractivity contribution in [2.75, 3.05) is 17.7 Å². The first kappa shape index (κ1) is 13.9. The van der Waals surface area contributed by atoms with Crippen LogP contribution in [0, 0.1) is 0 Å². The van der Waals surface area contributed by atoms with Crippen LogP contribution in [0.1, 0.15) is 25.5 Å². The number of aromatic nitrogens is 2. The lowest BCUT2D eigenvalue weighted by molar-refractivity contribution is -0.118. The maximum absolute atomic E-state index is 11.7. The standard InChI is InChI=1S/C14H18N4O2/c1-9(2)11-7-13(18-17-11)16-14(19)8-20-12-6-4-3-5-10(12)15/h3-7,9H,8,15H2,1-2H3,(H2,16,17,18,19). The molecule has 1 aromatic carbocycles. The lowest BCUT2D eigenvalue weighted by atomic mass is 10.1. The quantitative estimate of drug-likeness (QED) is 0.728. The van der Waals surface area contributed by atoms with Crippen molar-refractivity contribution in [1.29, 1.82) is 0 Å². The number of nitrogens with two attached hydrogens (primary N) is 1. The number of carbonyl (C=O) groups is 1. The average Bonchev–Trinajstić information content (AvgIpc) is 2.86. The molecule has 0 atom stereocenters. The van der Waals surface area contributed by atoms with E-state index in [1.807, 2.05) is 13.8 Å². The predicted molar refractivity (Wildman–Crippen MR) is 77.7 cm³/mol. The second kappa shape index (κ2) is 6.10. The predicted octanol–water partition coefficient (Wildman–Crippen LogP) is 2.13. The van der Waals surface area contributed by atoms with Gasteiger partial charge in [0.2, 0.25) is 0 Å². The Hall–Kier alpha value is -2.50. The molecule has 1 heterocycles. The molecular weight excluding hydrogens is 256 g/mol. The van der Waals surface area contributed by atoms with Crippen molar-refractivity contribution in [3.63, 3.8) is 0 Å². The van der Waals surface area contributed by atoms with Crippen molar-refractivity contribution in [2.24, 2.45) is 0 Å². The number of anilines is 2. The van der Waals surface area contributed by atoms with Crippen LogP contribution in [0.25, 0.3) is 0 Å². The maximum Gasteiger partial charge on any atom is 0.263 e. The summed E-state index contributed by atoms with van der Waals surface area (Å²) in [6.45, 7) is 3.97. The van der Waals surface area contributed by atoms with Crippen molar-refractivity contribution >= 4 is 17.4 Å². The fraction of sp³-hybridized carbons (Fsp3) is 0.286. The second-order valence-electron chi connectivity index (χ2n) is 4.74. The highest BCUT2D eigenvalue weighted by Gasteiger charge is 2.09. The van der Waals surface area contributed by atoms with Gasteiger partial charge in [0.25, 0.3) is 5.91 Å². The first-order chi connectivity index (χ1) is 9.56. The van der Waals surface area contributed by atoms with Crippen molar-refractivity contribution in [2.45, 2.75) is 19.8 Å². The number of carbonyl (C=O) groups excluding carboxylic acids is 1. The van der Waals surface area contributed by atoms with Crippen molar-refractivity contribution < 1.29 is 9.53 Å². The number of rotatable bonds is 5. The Kier molecular flexibility index (Phi) is 4.24. The number of nitrogens with zero attached hydrogens (tertiary/aromatic N) is 1. The number of ether oxygens (including phenoxy) is 1. The number of H-pyrrole nitrogens is 1. The molecule has 4 N–H and O–H groups in total. The highest BCUT2D eigenvalue weighted by atomic mass is 16.5. The minimum Gasteiger partial charge on any atom is -0.482 e. The number of nitrogen functional groups attached to an aromatic ring is 1. The van der Waals surface area contributed by atoms with Gasteiger partial charge in [0.05, 0.1) is 5.69 Å². The molecule has 0 fully saturated rings. The van der Waals surface area contributed by atoms with Crippen LogP contribution < -0.4 is 15.8 Å². The van der Waals surface area contributed by atoms with Gasteiger partial charge in [-0.25, -0.2) is 0 Å². The molecule has 2 aromatic rings. The Morgan fingerprint density at radius 2 is 2.20 bits per heavy atom. The van der Waals surface area contributed by atoms with E-state index in [2.05, 4.69) is 15.5 Å². The number of amides is 1. The van der Waals surface area contributed by atoms with Gasteiger partial charge in [-0.2, -0.15) is 5.10 Å². The number of para-hydroxylation sites is 2. The first-order valence-electron chi connectivity index (χ1n) is 6.38. The Bertz CT molecular complexity index is 592. The largest absolute Gasteiger partial charge is 0.482 e. The SMILES string of the molecule is CC(C)c1cc(NC(=O)COc2ccccc2N)n[nH]1. The van der Waals surface area contributed by atoms with E-state index in [9.17, 15) is 4.79 Å². The molecule has 0 spiro atoms. The summed E-state index contributed by atoms with van der Waals surface area (Å²) in [6, 6.07) is 8.84. The normalized spacial score (nSPS) is 10.6. The summed E-state index contributed by atoms with van der Waals surface area (Å²) in [6.07, 6.45) is 0. The van der Waals surface area contributed by atoms with E-state index in [4.69, 9.17) is 10.5 Å². The van der Waals surface area contributed by atoms with Crippen molar-refractivity contribution in [3.05, 3.63) is 36.0 Å². The van der Waals surface area contributed by atoms with E-state index >= 15 is 0 Å². The van der Waals surface area contributed by atoms with E-state index in [0.29, 0.717) is 23.2 Å². The van der Waals surface area contributed by atoms with E-state index < -0.39 is 0 Å². The first-order valence-corrected chi connectivity index (χ1v) is 6.38. The van der Waals surface area contributed by atoms with Crippen molar-refractivity contribution in [3.8, 4) is 5.75 Å². The van der Waals surface area contributed by atoms with Crippen LogP contribution >= 0.6 is 0 Å². The van der Waals surface area contributed by atoms with Crippen LogP contribution in [-0.2, 0) is 4.79 Å². The molecule has 20 heavy (non-hydrogen) atoms. The van der Waals surface area contributed by atoms with Gasteiger partial charge in [0.15, 0.2) is 12.4 Å². The summed E-state index contributed by atoms with van der Waals surface area (Å²) in [7, 11) is 0. The zero-order valence-electron chi connectivity index (χ0n) is 11.5. The number of hydrogen-bond acceptors (Lipinski definition) is 4. The Morgan fingerprint density at radius 3 is 2.85 bits per heavy atom. The summed E-state index contributed by atoms with van der Waals surface area (Å²) in [5, 5.41) is 9.54. The third-order valence-corrected chi connectivity index (χ3v) is 2.76. The lowest BCUT2D eigenvalue weighted by Gasteiger charge is -2.07. The van der Waals surface area contributed by atoms with Gasteiger partial charge in [-0.1, -0.05) is 26.0 Å². The number of aromatic amines is 1. The molecule has 0 bridgehead atoms. The molecule has 2 rings (SSSR count). The van der Waals surface area contributed by atoms with Gasteiger partial charge < -0.3 is 15.8 Å². The molecule has 6 nitrogen and oxygen atoms in total. The third-order valence-electron chi connectivity index (χ3n) is 2.76. The van der Waals surface area contributed by atoms with Crippen LogP contribution in [-0.4, -0.2) is 22.7 Å². The van der Waals surface area contributed by atoms with Gasteiger partial charge in [-0.05, 0) is 18.1 Å². The summed E-state index contributed by atoms with van der Waals surface area (Å²) >= 11 is 0. The van der Waals surface area contributed by atoms with Crippen LogP contribution in [0.3, 0.4) is 0 Å². The molecule has 1 aromatic heterocycles. The molecule has 0 aliphatic rings. The molecule has 0 aliphatic carbocycles. The monoisotopic (exact) mass is 274 g/mol. The highest BCUT2D eigenvalue weighted by molar-refractivity contribution is 5.91. The molecule has 106 valence electrons. The van der Waals surface area contributed by atoms with Gasteiger partial charge in [-0.15, -0.1) is 0 Å². The third kappa shape index (κ3) is 3.50. The van der Waals surface area contributed by atoms with E-state index in [0.717, 1.165) is 5.69 Å². The molecule has 0 saturated heterocycles. The molecule has 6 heteroatoms. The van der Waals surface area contributed by atoms with Crippen LogP contribution in [0.4, 0.5) is 11.5 Å². The Balaban J connectivity index is 1.88. The van der Waals surface area contributed by atoms with E-state index in [-0.39, 0.29) is 12.5 Å². The maximum atomic E-state index is 11.7. The van der Waals surface area contributed by atoms with Gasteiger partial charge in [0.1, 0.15) is 5.75 Å². The molecule has 1 amide bonds. The van der Waals surface area contributed by atoms with Crippen molar-refractivity contribution in [1.82, 2.24) is 10.2 Å². The van der Waals surface area contributed by atoms with E-state index in [1.54, 1.807) is 30.3 Å². The fourth-order valence-corrected chi connectivity index (χ4v) is 1.63. The summed E-state index contributed by atoms with van der Waals surface area (Å²) < 4.78 is 5.35. The number of nitrogens with one attached hydrogen (secondary N) is 2. The zero-order valence-corrected chi connectivity index (χ0v) is 11.5. The Morgan fingerprint density at radius 1 is 1.45 bits per heavy atom. The summed E-state index contributed by atoms with van der Waals surface area (Å²) in [4.78, 5) is 11.7. The molecule has 0 radical (unpaired) electrons. The Labute approximate surface area is 117 Å². The van der Waals surface area contributed by atoms with Crippen LogP contribution in [0.5, 0.6) is 5.75 Å². The summed E-state index contributed by atoms with van der Waals surface area (Å²) in [5.41, 5.74) is 7.19. The zero-order chi connectivity index (χ0) is 14.5. The molecular formula is C14H18N4O2. The summed E-state index contributed by atoms with van der Waals surface area (Å²) in [5.74, 6) is 1.03. The lowest BCUT2D eigenvalue weighted by Crippen LogP contribution is -2.20. The smallest absolute Gasteiger partial charge is 0.263 e. The topological polar surface area (TPSA) is 93.0 Å². The van der Waals surface area contributed by atoms with Gasteiger partial charge in [-0.3, -0.25) is 9.89 Å². The minimum absolute atomic E-state index is 0.113. The molecule has 0 aliphatic heterocycles. The van der Waals surface area contributed by atoms with Crippen LogP contribution in [0.15, 0.2) is 30.3 Å².